The van der Waals surface area contributed by atoms with E-state index in [4.69, 9.17) is 14.2 Å². The van der Waals surface area contributed by atoms with Gasteiger partial charge >= 0.3 is 5.97 Å². The van der Waals surface area contributed by atoms with Crippen molar-refractivity contribution >= 4 is 23.6 Å². The molecule has 0 aliphatic carbocycles. The van der Waals surface area contributed by atoms with E-state index in [2.05, 4.69) is 5.32 Å². The first-order chi connectivity index (χ1) is 13.4. The molecule has 0 radical (unpaired) electrons. The SMILES string of the molecule is Cc1cccc(C)c1NC(=O)[C@@H](C)OC(=O)/C=C/c1ccc2c(c1)OCCO2. The molecule has 0 bridgehead atoms. The summed E-state index contributed by atoms with van der Waals surface area (Å²) in [6, 6.07) is 11.1. The number of rotatable bonds is 5. The second kappa shape index (κ2) is 8.61. The van der Waals surface area contributed by atoms with E-state index in [0.717, 1.165) is 22.4 Å². The van der Waals surface area contributed by atoms with E-state index in [0.29, 0.717) is 24.7 Å². The summed E-state index contributed by atoms with van der Waals surface area (Å²) in [7, 11) is 0. The minimum Gasteiger partial charge on any atom is -0.486 e. The molecule has 2 aromatic carbocycles. The normalized spacial score (nSPS) is 13.8. The van der Waals surface area contributed by atoms with Crippen LogP contribution in [0.25, 0.3) is 6.08 Å². The number of esters is 1. The van der Waals surface area contributed by atoms with Crippen molar-refractivity contribution in [2.24, 2.45) is 0 Å². The number of aryl methyl sites for hydroxylation is 2. The number of nitrogens with one attached hydrogen (secondary N) is 1. The Morgan fingerprint density at radius 1 is 1.07 bits per heavy atom. The minimum atomic E-state index is -0.920. The monoisotopic (exact) mass is 381 g/mol. The van der Waals surface area contributed by atoms with E-state index in [1.807, 2.05) is 38.1 Å². The summed E-state index contributed by atoms with van der Waals surface area (Å²) < 4.78 is 16.2. The molecule has 0 fully saturated rings. The number of ether oxygens (including phenoxy) is 3. The zero-order chi connectivity index (χ0) is 20.1. The lowest BCUT2D eigenvalue weighted by Crippen LogP contribution is -2.30. The average Bonchev–Trinajstić information content (AvgIpc) is 2.69. The molecule has 1 aliphatic heterocycles. The second-order valence-electron chi connectivity index (χ2n) is 6.57. The van der Waals surface area contributed by atoms with Crippen LogP contribution in [-0.4, -0.2) is 31.2 Å². The number of hydrogen-bond acceptors (Lipinski definition) is 5. The molecule has 1 N–H and O–H groups in total. The number of carbonyl (C=O) groups excluding carboxylic acids is 2. The molecule has 2 aromatic rings. The highest BCUT2D eigenvalue weighted by molar-refractivity contribution is 5.97. The Morgan fingerprint density at radius 2 is 1.75 bits per heavy atom. The Hall–Kier alpha value is -3.28. The fourth-order valence-corrected chi connectivity index (χ4v) is 2.83. The third kappa shape index (κ3) is 4.71. The van der Waals surface area contributed by atoms with Crippen molar-refractivity contribution in [3.8, 4) is 11.5 Å². The highest BCUT2D eigenvalue weighted by atomic mass is 16.6. The number of para-hydroxylation sites is 1. The Bertz CT molecular complexity index is 899. The van der Waals surface area contributed by atoms with Gasteiger partial charge in [0.05, 0.1) is 0 Å². The van der Waals surface area contributed by atoms with Gasteiger partial charge in [-0.25, -0.2) is 4.79 Å². The van der Waals surface area contributed by atoms with Crippen molar-refractivity contribution in [2.75, 3.05) is 18.5 Å². The maximum Gasteiger partial charge on any atom is 0.331 e. The highest BCUT2D eigenvalue weighted by Gasteiger charge is 2.18. The number of hydrogen-bond donors (Lipinski definition) is 1. The fraction of sp³-hybridized carbons (Fsp3) is 0.273. The van der Waals surface area contributed by atoms with Gasteiger partial charge in [-0.05, 0) is 55.7 Å². The quantitative estimate of drug-likeness (QED) is 0.632. The predicted octanol–water partition coefficient (Wildman–Crippen LogP) is 3.66. The molecule has 0 aromatic heterocycles. The van der Waals surface area contributed by atoms with Crippen molar-refractivity contribution in [1.82, 2.24) is 0 Å². The molecule has 28 heavy (non-hydrogen) atoms. The van der Waals surface area contributed by atoms with E-state index < -0.39 is 12.1 Å². The number of anilines is 1. The first-order valence-corrected chi connectivity index (χ1v) is 9.09. The first kappa shape index (κ1) is 19.5. The van der Waals surface area contributed by atoms with E-state index in [9.17, 15) is 9.59 Å². The van der Waals surface area contributed by atoms with Gasteiger partial charge in [0.15, 0.2) is 17.6 Å². The van der Waals surface area contributed by atoms with Gasteiger partial charge in [0, 0.05) is 11.8 Å². The Labute approximate surface area is 164 Å². The van der Waals surface area contributed by atoms with Gasteiger partial charge in [-0.1, -0.05) is 24.3 Å². The lowest BCUT2D eigenvalue weighted by atomic mass is 10.1. The molecule has 6 heteroatoms. The van der Waals surface area contributed by atoms with Crippen molar-refractivity contribution < 1.29 is 23.8 Å². The minimum absolute atomic E-state index is 0.376. The predicted molar refractivity (Wildman–Crippen MR) is 107 cm³/mol. The number of amides is 1. The van der Waals surface area contributed by atoms with Crippen LogP contribution in [0.5, 0.6) is 11.5 Å². The van der Waals surface area contributed by atoms with Crippen LogP contribution in [0.1, 0.15) is 23.6 Å². The van der Waals surface area contributed by atoms with E-state index >= 15 is 0 Å². The van der Waals surface area contributed by atoms with Crippen LogP contribution in [0.2, 0.25) is 0 Å². The molecule has 1 heterocycles. The summed E-state index contributed by atoms with van der Waals surface area (Å²) >= 11 is 0. The molecule has 3 rings (SSSR count). The van der Waals surface area contributed by atoms with Crippen LogP contribution >= 0.6 is 0 Å². The Morgan fingerprint density at radius 3 is 2.46 bits per heavy atom. The molecule has 0 saturated heterocycles. The van der Waals surface area contributed by atoms with Gasteiger partial charge in [-0.2, -0.15) is 0 Å². The third-order valence-electron chi connectivity index (χ3n) is 4.37. The van der Waals surface area contributed by atoms with Crippen molar-refractivity contribution in [3.05, 3.63) is 59.2 Å². The van der Waals surface area contributed by atoms with Crippen LogP contribution in [0.3, 0.4) is 0 Å². The Kier molecular flexibility index (Phi) is 5.99. The standard InChI is InChI=1S/C22H23NO5/c1-14-5-4-6-15(2)21(14)23-22(25)16(3)28-20(24)10-8-17-7-9-18-19(13-17)27-12-11-26-18/h4-10,13,16H,11-12H2,1-3H3,(H,23,25)/b10-8+/t16-/m1/s1. The molecule has 1 amide bonds. The fourth-order valence-electron chi connectivity index (χ4n) is 2.83. The molecule has 6 nitrogen and oxygen atoms in total. The zero-order valence-electron chi connectivity index (χ0n) is 16.2. The van der Waals surface area contributed by atoms with Crippen molar-refractivity contribution in [3.63, 3.8) is 0 Å². The maximum absolute atomic E-state index is 12.3. The van der Waals surface area contributed by atoms with Gasteiger partial charge in [0.1, 0.15) is 13.2 Å². The summed E-state index contributed by atoms with van der Waals surface area (Å²) in [5.41, 5.74) is 3.41. The van der Waals surface area contributed by atoms with Crippen molar-refractivity contribution in [2.45, 2.75) is 26.9 Å². The van der Waals surface area contributed by atoms with E-state index in [1.165, 1.54) is 6.08 Å². The summed E-state index contributed by atoms with van der Waals surface area (Å²) in [6.07, 6.45) is 1.97. The second-order valence-corrected chi connectivity index (χ2v) is 6.57. The maximum atomic E-state index is 12.3. The molecule has 146 valence electrons. The van der Waals surface area contributed by atoms with Crippen LogP contribution in [-0.2, 0) is 14.3 Å². The van der Waals surface area contributed by atoms with Crippen LogP contribution in [0.4, 0.5) is 5.69 Å². The topological polar surface area (TPSA) is 73.9 Å². The molecule has 0 unspecified atom stereocenters. The molecular weight excluding hydrogens is 358 g/mol. The van der Waals surface area contributed by atoms with E-state index in [-0.39, 0.29) is 5.91 Å². The summed E-state index contributed by atoms with van der Waals surface area (Å²) in [5.74, 6) is 0.350. The van der Waals surface area contributed by atoms with Gasteiger partial charge < -0.3 is 19.5 Å². The first-order valence-electron chi connectivity index (χ1n) is 9.09. The van der Waals surface area contributed by atoms with Gasteiger partial charge in [-0.15, -0.1) is 0 Å². The zero-order valence-corrected chi connectivity index (χ0v) is 16.2. The van der Waals surface area contributed by atoms with Crippen LogP contribution < -0.4 is 14.8 Å². The lowest BCUT2D eigenvalue weighted by Gasteiger charge is -2.18. The molecular formula is C22H23NO5. The largest absolute Gasteiger partial charge is 0.486 e. The molecule has 0 saturated carbocycles. The third-order valence-corrected chi connectivity index (χ3v) is 4.37. The van der Waals surface area contributed by atoms with Crippen LogP contribution in [0.15, 0.2) is 42.5 Å². The number of benzene rings is 2. The molecule has 0 spiro atoms. The number of fused-ring (bicyclic) bond motifs is 1. The average molecular weight is 381 g/mol. The summed E-state index contributed by atoms with van der Waals surface area (Å²) in [4.78, 5) is 24.4. The highest BCUT2D eigenvalue weighted by Crippen LogP contribution is 2.31. The molecule has 1 aliphatic rings. The van der Waals surface area contributed by atoms with Gasteiger partial charge in [-0.3, -0.25) is 4.79 Å². The van der Waals surface area contributed by atoms with E-state index in [1.54, 1.807) is 25.1 Å². The Balaban J connectivity index is 1.58. The van der Waals surface area contributed by atoms with Gasteiger partial charge in [0.25, 0.3) is 5.91 Å². The smallest absolute Gasteiger partial charge is 0.331 e. The van der Waals surface area contributed by atoms with Crippen LogP contribution in [0, 0.1) is 13.8 Å². The molecule has 1 atom stereocenters. The summed E-state index contributed by atoms with van der Waals surface area (Å²) in [6.45, 7) is 6.38. The van der Waals surface area contributed by atoms with Crippen molar-refractivity contribution in [1.29, 1.82) is 0 Å². The summed E-state index contributed by atoms with van der Waals surface area (Å²) in [5, 5.41) is 2.82. The lowest BCUT2D eigenvalue weighted by molar-refractivity contribution is -0.148. The van der Waals surface area contributed by atoms with Gasteiger partial charge in [0.2, 0.25) is 0 Å². The number of carbonyl (C=O) groups is 2.